The summed E-state index contributed by atoms with van der Waals surface area (Å²) in [6.45, 7) is 0.440. The van der Waals surface area contributed by atoms with Gasteiger partial charge in [-0.05, 0) is 23.6 Å². The summed E-state index contributed by atoms with van der Waals surface area (Å²) >= 11 is 0. The van der Waals surface area contributed by atoms with Crippen molar-refractivity contribution in [3.8, 4) is 0 Å². The molecule has 1 N–H and O–H groups in total. The van der Waals surface area contributed by atoms with Crippen molar-refractivity contribution in [2.45, 2.75) is 6.42 Å². The highest BCUT2D eigenvalue weighted by atomic mass is 16.2. The van der Waals surface area contributed by atoms with Crippen molar-refractivity contribution in [3.63, 3.8) is 0 Å². The number of carbonyl (C=O) groups excluding carboxylic acids is 2. The van der Waals surface area contributed by atoms with Crippen molar-refractivity contribution in [2.75, 3.05) is 18.0 Å². The molecule has 3 rings (SSSR count). The summed E-state index contributed by atoms with van der Waals surface area (Å²) < 4.78 is 0. The van der Waals surface area contributed by atoms with E-state index in [2.05, 4.69) is 17.4 Å². The first-order valence-electron chi connectivity index (χ1n) is 6.92. The van der Waals surface area contributed by atoms with E-state index in [0.717, 1.165) is 17.7 Å². The number of hydrogen-bond donors (Lipinski definition) is 1. The van der Waals surface area contributed by atoms with Crippen molar-refractivity contribution in [2.24, 2.45) is 0 Å². The van der Waals surface area contributed by atoms with Crippen molar-refractivity contribution < 1.29 is 9.59 Å². The fourth-order valence-electron chi connectivity index (χ4n) is 2.59. The van der Waals surface area contributed by atoms with E-state index in [-0.39, 0.29) is 24.9 Å². The van der Waals surface area contributed by atoms with Gasteiger partial charge in [-0.25, -0.2) is 0 Å². The third kappa shape index (κ3) is 3.11. The molecule has 0 spiro atoms. The van der Waals surface area contributed by atoms with E-state index >= 15 is 0 Å². The van der Waals surface area contributed by atoms with Crippen LogP contribution in [0, 0.1) is 0 Å². The summed E-state index contributed by atoms with van der Waals surface area (Å²) in [4.78, 5) is 24.9. The lowest BCUT2D eigenvalue weighted by Gasteiger charge is -2.29. The molecule has 1 heterocycles. The Morgan fingerprint density at radius 1 is 0.857 bits per heavy atom. The van der Waals surface area contributed by atoms with Gasteiger partial charge in [0.1, 0.15) is 0 Å². The SMILES string of the molecule is O=C1CN(c2ccccc2Cc2ccccc2)CC(=O)N1. The van der Waals surface area contributed by atoms with Crippen molar-refractivity contribution in [3.05, 3.63) is 65.7 Å². The van der Waals surface area contributed by atoms with Crippen LogP contribution in [0.5, 0.6) is 0 Å². The molecule has 1 fully saturated rings. The first kappa shape index (κ1) is 13.4. The van der Waals surface area contributed by atoms with Crippen LogP contribution in [0.4, 0.5) is 5.69 Å². The van der Waals surface area contributed by atoms with Gasteiger partial charge in [0.15, 0.2) is 0 Å². The maximum Gasteiger partial charge on any atom is 0.246 e. The van der Waals surface area contributed by atoms with Crippen molar-refractivity contribution in [1.29, 1.82) is 0 Å². The second-order valence-electron chi connectivity index (χ2n) is 5.12. The number of carbonyl (C=O) groups is 2. The summed E-state index contributed by atoms with van der Waals surface area (Å²) in [7, 11) is 0. The summed E-state index contributed by atoms with van der Waals surface area (Å²) in [5.74, 6) is -0.499. The van der Waals surface area contributed by atoms with Gasteiger partial charge in [0.05, 0.1) is 13.1 Å². The smallest absolute Gasteiger partial charge is 0.246 e. The number of amides is 2. The molecule has 2 aromatic rings. The number of piperazine rings is 1. The van der Waals surface area contributed by atoms with Crippen molar-refractivity contribution >= 4 is 17.5 Å². The summed E-state index contributed by atoms with van der Waals surface area (Å²) in [6, 6.07) is 18.1. The van der Waals surface area contributed by atoms with E-state index in [1.807, 2.05) is 47.4 Å². The number of hydrogen-bond acceptors (Lipinski definition) is 3. The van der Waals surface area contributed by atoms with Crippen LogP contribution >= 0.6 is 0 Å². The lowest BCUT2D eigenvalue weighted by Crippen LogP contribution is -2.51. The Kier molecular flexibility index (Phi) is 3.69. The van der Waals surface area contributed by atoms with Crippen LogP contribution in [0.3, 0.4) is 0 Å². The van der Waals surface area contributed by atoms with Gasteiger partial charge in [-0.3, -0.25) is 14.9 Å². The second kappa shape index (κ2) is 5.79. The molecule has 2 amide bonds. The largest absolute Gasteiger partial charge is 0.353 e. The zero-order chi connectivity index (χ0) is 14.7. The zero-order valence-corrected chi connectivity index (χ0v) is 11.6. The molecule has 0 atom stereocenters. The van der Waals surface area contributed by atoms with E-state index in [4.69, 9.17) is 0 Å². The highest BCUT2D eigenvalue weighted by molar-refractivity contribution is 6.02. The number of para-hydroxylation sites is 1. The molecule has 0 aromatic heterocycles. The van der Waals surface area contributed by atoms with Crippen molar-refractivity contribution in [1.82, 2.24) is 5.32 Å². The van der Waals surface area contributed by atoms with Gasteiger partial charge < -0.3 is 4.90 Å². The molecule has 4 heteroatoms. The van der Waals surface area contributed by atoms with Crippen LogP contribution in [0.25, 0.3) is 0 Å². The van der Waals surface area contributed by atoms with Gasteiger partial charge in [0, 0.05) is 5.69 Å². The van der Waals surface area contributed by atoms with Crippen LogP contribution in [0.2, 0.25) is 0 Å². The molecule has 0 bridgehead atoms. The molecular weight excluding hydrogens is 264 g/mol. The first-order chi connectivity index (χ1) is 10.2. The minimum atomic E-state index is -0.249. The van der Waals surface area contributed by atoms with Gasteiger partial charge in [-0.1, -0.05) is 48.5 Å². The lowest BCUT2D eigenvalue weighted by molar-refractivity contribution is -0.130. The molecule has 0 saturated carbocycles. The third-order valence-electron chi connectivity index (χ3n) is 3.52. The molecular formula is C17H16N2O2. The minimum absolute atomic E-state index is 0.220. The molecule has 106 valence electrons. The number of anilines is 1. The Labute approximate surface area is 123 Å². The van der Waals surface area contributed by atoms with Crippen LogP contribution in [0.1, 0.15) is 11.1 Å². The third-order valence-corrected chi connectivity index (χ3v) is 3.52. The quantitative estimate of drug-likeness (QED) is 0.871. The van der Waals surface area contributed by atoms with E-state index in [0.29, 0.717) is 0 Å². The van der Waals surface area contributed by atoms with E-state index in [1.54, 1.807) is 0 Å². The lowest BCUT2D eigenvalue weighted by atomic mass is 10.0. The number of nitrogens with zero attached hydrogens (tertiary/aromatic N) is 1. The van der Waals surface area contributed by atoms with Crippen LogP contribution in [-0.2, 0) is 16.0 Å². The average molecular weight is 280 g/mol. The monoisotopic (exact) mass is 280 g/mol. The average Bonchev–Trinajstić information content (AvgIpc) is 2.48. The Bertz CT molecular complexity index is 652. The highest BCUT2D eigenvalue weighted by Gasteiger charge is 2.23. The molecule has 2 aromatic carbocycles. The van der Waals surface area contributed by atoms with E-state index in [1.165, 1.54) is 5.56 Å². The van der Waals surface area contributed by atoms with Gasteiger partial charge in [0.2, 0.25) is 11.8 Å². The van der Waals surface area contributed by atoms with Crippen LogP contribution in [0.15, 0.2) is 54.6 Å². The highest BCUT2D eigenvalue weighted by Crippen LogP contribution is 2.23. The Morgan fingerprint density at radius 3 is 2.19 bits per heavy atom. The van der Waals surface area contributed by atoms with Crippen LogP contribution in [-0.4, -0.2) is 24.9 Å². The topological polar surface area (TPSA) is 49.4 Å². The normalized spacial score (nSPS) is 15.0. The molecule has 1 saturated heterocycles. The molecule has 0 radical (unpaired) electrons. The minimum Gasteiger partial charge on any atom is -0.353 e. The summed E-state index contributed by atoms with van der Waals surface area (Å²) in [5, 5.41) is 2.33. The molecule has 1 aliphatic heterocycles. The summed E-state index contributed by atoms with van der Waals surface area (Å²) in [5.41, 5.74) is 3.27. The van der Waals surface area contributed by atoms with Crippen LogP contribution < -0.4 is 10.2 Å². The zero-order valence-electron chi connectivity index (χ0n) is 11.6. The van der Waals surface area contributed by atoms with Gasteiger partial charge in [-0.2, -0.15) is 0 Å². The first-order valence-corrected chi connectivity index (χ1v) is 6.92. The molecule has 0 unspecified atom stereocenters. The Morgan fingerprint density at radius 2 is 1.48 bits per heavy atom. The van der Waals surface area contributed by atoms with E-state index < -0.39 is 0 Å². The maximum atomic E-state index is 11.6. The Hall–Kier alpha value is -2.62. The second-order valence-corrected chi connectivity index (χ2v) is 5.12. The van der Waals surface area contributed by atoms with E-state index in [9.17, 15) is 9.59 Å². The number of imide groups is 1. The van der Waals surface area contributed by atoms with Gasteiger partial charge >= 0.3 is 0 Å². The molecule has 21 heavy (non-hydrogen) atoms. The fraction of sp³-hybridized carbons (Fsp3) is 0.176. The van der Waals surface area contributed by atoms with Gasteiger partial charge in [-0.15, -0.1) is 0 Å². The summed E-state index contributed by atoms with van der Waals surface area (Å²) in [6.07, 6.45) is 0.781. The number of rotatable bonds is 3. The number of benzene rings is 2. The molecule has 1 aliphatic rings. The fourth-order valence-corrected chi connectivity index (χ4v) is 2.59. The van der Waals surface area contributed by atoms with Gasteiger partial charge in [0.25, 0.3) is 0 Å². The standard InChI is InChI=1S/C17H16N2O2/c20-16-11-19(12-17(21)18-16)15-9-5-4-8-14(15)10-13-6-2-1-3-7-13/h1-9H,10-12H2,(H,18,20,21). The molecule has 4 nitrogen and oxygen atoms in total. The Balaban J connectivity index is 1.89. The molecule has 0 aliphatic carbocycles. The predicted molar refractivity (Wildman–Crippen MR) is 81.1 cm³/mol. The maximum absolute atomic E-state index is 11.6. The number of nitrogens with one attached hydrogen (secondary N) is 1. The predicted octanol–water partition coefficient (Wildman–Crippen LogP) is 1.74.